The van der Waals surface area contributed by atoms with Crippen molar-refractivity contribution < 1.29 is 43.4 Å². The lowest BCUT2D eigenvalue weighted by Gasteiger charge is -2.25. The van der Waals surface area contributed by atoms with Crippen molar-refractivity contribution in [1.82, 2.24) is 29.1 Å². The average molecular weight is 922 g/mol. The molecule has 12 rings (SSSR count). The lowest BCUT2D eigenvalue weighted by Crippen LogP contribution is -2.33. The van der Waals surface area contributed by atoms with Crippen LogP contribution in [0.5, 0.6) is 11.5 Å². The number of aliphatic hydroxyl groups is 1. The fourth-order valence-corrected chi connectivity index (χ4v) is 9.33. The Morgan fingerprint density at radius 3 is 1.62 bits per heavy atom. The van der Waals surface area contributed by atoms with Crippen molar-refractivity contribution in [2.24, 2.45) is 0 Å². The van der Waals surface area contributed by atoms with Crippen molar-refractivity contribution in [2.75, 3.05) is 13.2 Å². The minimum absolute atomic E-state index is 0.133. The van der Waals surface area contributed by atoms with Crippen LogP contribution in [0, 0.1) is 0 Å². The number of benzene rings is 4. The molecule has 4 aliphatic heterocycles. The molecule has 8 aromatic rings. The molecule has 65 heavy (non-hydrogen) atoms. The molecular formula is C48H46Cl2N6O9. The second-order valence-electron chi connectivity index (χ2n) is 17.0. The highest BCUT2D eigenvalue weighted by atomic mass is 35.5. The number of fused-ring (bicyclic) bond motifs is 6. The van der Waals surface area contributed by atoms with E-state index in [-0.39, 0.29) is 37.1 Å². The van der Waals surface area contributed by atoms with Crippen LogP contribution in [0.15, 0.2) is 122 Å². The van der Waals surface area contributed by atoms with Crippen LogP contribution in [0.2, 0.25) is 10.3 Å². The Labute approximate surface area is 383 Å². The summed E-state index contributed by atoms with van der Waals surface area (Å²) in [5.74, 6) is -0.311. The minimum atomic E-state index is -0.714. The zero-order valence-electron chi connectivity index (χ0n) is 35.8. The number of nitrogens with zero attached hydrogens (tertiary/aromatic N) is 6. The molecule has 0 unspecified atom stereocenters. The van der Waals surface area contributed by atoms with Gasteiger partial charge in [0.1, 0.15) is 89.0 Å². The van der Waals surface area contributed by atoms with Crippen molar-refractivity contribution in [2.45, 2.75) is 88.3 Å². The predicted molar refractivity (Wildman–Crippen MR) is 243 cm³/mol. The van der Waals surface area contributed by atoms with Crippen molar-refractivity contribution in [3.8, 4) is 11.5 Å². The molecule has 0 saturated carbocycles. The monoisotopic (exact) mass is 920 g/mol. The van der Waals surface area contributed by atoms with E-state index in [2.05, 4.69) is 38.1 Å². The molecule has 336 valence electrons. The first-order valence-corrected chi connectivity index (χ1v) is 22.0. The summed E-state index contributed by atoms with van der Waals surface area (Å²) in [5, 5.41) is 25.5. The third kappa shape index (κ3) is 8.60. The molecule has 4 fully saturated rings. The number of aromatic hydroxyl groups is 1. The summed E-state index contributed by atoms with van der Waals surface area (Å²) in [4.78, 5) is 16.7. The van der Waals surface area contributed by atoms with Gasteiger partial charge in [-0.05, 0) is 85.6 Å². The SMILES string of the molecule is CC1(C)O[C@@H]2[C@H](O1)[C@@H](CO)O[C@H]2n1ccc2c(Cl)ncnc21.CC1(C)O[C@@H]2[C@H](O1)[C@@H](COc1ccc3ccccc3c1)O[C@H]2n1ccc2c(Cl)ncnc21.Oc1ccc2ccccc2c1. The Bertz CT molecular complexity index is 3000. The fourth-order valence-electron chi connectivity index (χ4n) is 8.95. The van der Waals surface area contributed by atoms with Crippen LogP contribution in [-0.4, -0.2) is 101 Å². The number of ether oxygens (including phenoxy) is 7. The first-order chi connectivity index (χ1) is 31.3. The fraction of sp³-hybridized carbons (Fsp3) is 0.333. The van der Waals surface area contributed by atoms with Crippen LogP contribution in [0.25, 0.3) is 43.6 Å². The molecule has 8 atom stereocenters. The summed E-state index contributed by atoms with van der Waals surface area (Å²) in [6.45, 7) is 7.73. The summed E-state index contributed by atoms with van der Waals surface area (Å²) in [7, 11) is 0. The van der Waals surface area contributed by atoms with E-state index in [0.717, 1.165) is 32.7 Å². The van der Waals surface area contributed by atoms with E-state index in [1.807, 2.05) is 116 Å². The Morgan fingerprint density at radius 2 is 1.06 bits per heavy atom. The zero-order valence-corrected chi connectivity index (χ0v) is 37.3. The van der Waals surface area contributed by atoms with Crippen molar-refractivity contribution in [1.29, 1.82) is 0 Å². The number of rotatable bonds is 6. The number of hydrogen-bond donors (Lipinski definition) is 2. The van der Waals surface area contributed by atoms with E-state index >= 15 is 0 Å². The van der Waals surface area contributed by atoms with Gasteiger partial charge in [0.05, 0.1) is 17.4 Å². The van der Waals surface area contributed by atoms with E-state index in [9.17, 15) is 5.11 Å². The second-order valence-corrected chi connectivity index (χ2v) is 17.8. The van der Waals surface area contributed by atoms with E-state index < -0.39 is 30.1 Å². The number of aromatic nitrogens is 6. The summed E-state index contributed by atoms with van der Waals surface area (Å²) in [6, 6.07) is 31.3. The van der Waals surface area contributed by atoms with Crippen molar-refractivity contribution in [3.63, 3.8) is 0 Å². The van der Waals surface area contributed by atoms with E-state index in [1.165, 1.54) is 18.0 Å². The van der Waals surface area contributed by atoms with Gasteiger partial charge in [0.2, 0.25) is 0 Å². The lowest BCUT2D eigenvalue weighted by atomic mass is 10.1. The maximum Gasteiger partial charge on any atom is 0.164 e. The van der Waals surface area contributed by atoms with Gasteiger partial charge < -0.3 is 52.5 Å². The molecule has 8 heterocycles. The molecule has 0 radical (unpaired) electrons. The quantitative estimate of drug-likeness (QED) is 0.152. The van der Waals surface area contributed by atoms with Crippen LogP contribution >= 0.6 is 23.2 Å². The van der Waals surface area contributed by atoms with Crippen LogP contribution in [-0.2, 0) is 28.4 Å². The maximum absolute atomic E-state index is 9.54. The van der Waals surface area contributed by atoms with Gasteiger partial charge in [0.25, 0.3) is 0 Å². The Morgan fingerprint density at radius 1 is 0.585 bits per heavy atom. The Hall–Kier alpha value is -5.46. The molecular weight excluding hydrogens is 875 g/mol. The highest BCUT2D eigenvalue weighted by molar-refractivity contribution is 6.34. The van der Waals surface area contributed by atoms with Gasteiger partial charge in [-0.15, -0.1) is 0 Å². The molecule has 0 aliphatic carbocycles. The van der Waals surface area contributed by atoms with Crippen LogP contribution in [0.1, 0.15) is 40.2 Å². The summed E-state index contributed by atoms with van der Waals surface area (Å²) < 4.78 is 46.5. The molecule has 17 heteroatoms. The molecule has 4 aromatic carbocycles. The molecule has 2 N–H and O–H groups in total. The third-order valence-corrected chi connectivity index (χ3v) is 12.4. The second kappa shape index (κ2) is 17.4. The first-order valence-electron chi connectivity index (χ1n) is 21.2. The van der Waals surface area contributed by atoms with Crippen LogP contribution in [0.3, 0.4) is 0 Å². The van der Waals surface area contributed by atoms with Gasteiger partial charge in [0, 0.05) is 12.4 Å². The maximum atomic E-state index is 9.54. The summed E-state index contributed by atoms with van der Waals surface area (Å²) in [6.07, 6.45) is 3.76. The van der Waals surface area contributed by atoms with E-state index in [0.29, 0.717) is 34.0 Å². The van der Waals surface area contributed by atoms with Gasteiger partial charge >= 0.3 is 0 Å². The standard InChI is InChI=1S/C24H22ClN3O4.C14H16ClN3O4.C10H8O/c1-24(2)31-19-18(12-29-16-8-7-14-5-3-4-6-15(14)11-16)30-23(20(19)32-24)28-10-9-17-21(25)26-13-27-22(17)28;1-14(2)21-9-8(5-19)20-13(10(9)22-14)18-4-3-7-11(15)16-6-17-12(7)18;11-10-6-5-8-3-1-2-4-9(8)7-10/h3-11,13,18-20,23H,12H2,1-2H3;3-4,6,8-10,13,19H,5H2,1-2H3;1-7,11H/t18-,19-,20-,23-;8-,9-,10-,13-;/m11./s1. The van der Waals surface area contributed by atoms with Gasteiger partial charge in [-0.1, -0.05) is 83.9 Å². The van der Waals surface area contributed by atoms with E-state index in [1.54, 1.807) is 12.1 Å². The smallest absolute Gasteiger partial charge is 0.164 e. The zero-order chi connectivity index (χ0) is 45.0. The highest BCUT2D eigenvalue weighted by Crippen LogP contribution is 2.46. The molecule has 0 spiro atoms. The van der Waals surface area contributed by atoms with Crippen LogP contribution < -0.4 is 4.74 Å². The molecule has 0 amide bonds. The predicted octanol–water partition coefficient (Wildman–Crippen LogP) is 8.77. The van der Waals surface area contributed by atoms with Gasteiger partial charge in [-0.3, -0.25) is 0 Å². The largest absolute Gasteiger partial charge is 0.508 e. The number of phenolic OH excluding ortho intramolecular Hbond substituents is 1. The molecule has 4 aromatic heterocycles. The van der Waals surface area contributed by atoms with Crippen molar-refractivity contribution in [3.05, 3.63) is 132 Å². The van der Waals surface area contributed by atoms with Crippen molar-refractivity contribution >= 4 is 66.8 Å². The molecule has 15 nitrogen and oxygen atoms in total. The molecule has 4 aliphatic rings. The summed E-state index contributed by atoms with van der Waals surface area (Å²) >= 11 is 12.3. The normalized spacial score (nSPS) is 26.1. The minimum Gasteiger partial charge on any atom is -0.508 e. The highest BCUT2D eigenvalue weighted by Gasteiger charge is 2.57. The number of halogens is 2. The first kappa shape index (κ1) is 43.4. The molecule has 4 saturated heterocycles. The molecule has 0 bridgehead atoms. The number of phenols is 1. The Balaban J connectivity index is 0.000000129. The van der Waals surface area contributed by atoms with Crippen LogP contribution in [0.4, 0.5) is 0 Å². The number of hydrogen-bond acceptors (Lipinski definition) is 13. The lowest BCUT2D eigenvalue weighted by molar-refractivity contribution is -0.199. The number of aliphatic hydroxyl groups excluding tert-OH is 1. The van der Waals surface area contributed by atoms with Gasteiger partial charge in [-0.2, -0.15) is 0 Å². The Kier molecular flexibility index (Phi) is 11.6. The topological polar surface area (TPSA) is 166 Å². The van der Waals surface area contributed by atoms with E-state index in [4.69, 9.17) is 61.5 Å². The summed E-state index contributed by atoms with van der Waals surface area (Å²) in [5.41, 5.74) is 1.36. The third-order valence-electron chi connectivity index (χ3n) is 11.8. The van der Waals surface area contributed by atoms with Gasteiger partial charge in [-0.25, -0.2) is 19.9 Å². The average Bonchev–Trinajstić information content (AvgIpc) is 4.15. The van der Waals surface area contributed by atoms with Gasteiger partial charge in [0.15, 0.2) is 24.0 Å².